The van der Waals surface area contributed by atoms with Gasteiger partial charge in [-0.3, -0.25) is 24.1 Å². The Morgan fingerprint density at radius 2 is 1.74 bits per heavy atom. The highest BCUT2D eigenvalue weighted by Crippen LogP contribution is 2.56. The monoisotopic (exact) mass is 621 g/mol. The predicted octanol–water partition coefficient (Wildman–Crippen LogP) is 4.64. The van der Waals surface area contributed by atoms with E-state index in [1.807, 2.05) is 18.2 Å². The zero-order valence-corrected chi connectivity index (χ0v) is 22.9. The van der Waals surface area contributed by atoms with Gasteiger partial charge in [0.25, 0.3) is 0 Å². The average molecular weight is 621 g/mol. The topological polar surface area (TPSA) is 101 Å². The molecular formula is C30H24INO6. The van der Waals surface area contributed by atoms with Gasteiger partial charge in [0.2, 0.25) is 11.8 Å². The van der Waals surface area contributed by atoms with Crippen molar-refractivity contribution < 1.29 is 29.0 Å². The average Bonchev–Trinajstić information content (AvgIpc) is 3.16. The maximum atomic E-state index is 13.9. The van der Waals surface area contributed by atoms with Gasteiger partial charge in [-0.1, -0.05) is 17.7 Å². The molecule has 0 aromatic heterocycles. The molecule has 0 unspecified atom stereocenters. The van der Waals surface area contributed by atoms with E-state index in [1.54, 1.807) is 25.1 Å². The molecule has 0 bridgehead atoms. The molecule has 0 spiro atoms. The predicted molar refractivity (Wildman–Crippen MR) is 148 cm³/mol. The van der Waals surface area contributed by atoms with E-state index < -0.39 is 23.7 Å². The Morgan fingerprint density at radius 3 is 2.45 bits per heavy atom. The number of ketones is 2. The summed E-state index contributed by atoms with van der Waals surface area (Å²) < 4.78 is 6.58. The molecule has 3 aliphatic carbocycles. The molecule has 0 radical (unpaired) electrons. The molecule has 4 atom stereocenters. The van der Waals surface area contributed by atoms with Gasteiger partial charge in [-0.15, -0.1) is 0 Å². The Hall–Kier alpha value is -3.53. The van der Waals surface area contributed by atoms with Crippen LogP contribution in [0.4, 0.5) is 5.69 Å². The van der Waals surface area contributed by atoms with Gasteiger partial charge < -0.3 is 9.84 Å². The van der Waals surface area contributed by atoms with Gasteiger partial charge in [0.15, 0.2) is 11.6 Å². The van der Waals surface area contributed by atoms with Gasteiger partial charge in [0.1, 0.15) is 11.5 Å². The van der Waals surface area contributed by atoms with Gasteiger partial charge in [-0.2, -0.15) is 0 Å². The van der Waals surface area contributed by atoms with Crippen LogP contribution in [0, 0.1) is 21.3 Å². The Balaban J connectivity index is 1.50. The Labute approximate surface area is 233 Å². The molecule has 2 aromatic carbocycles. The lowest BCUT2D eigenvalue weighted by Gasteiger charge is -2.42. The van der Waals surface area contributed by atoms with E-state index >= 15 is 0 Å². The zero-order valence-electron chi connectivity index (χ0n) is 20.7. The fourth-order valence-corrected chi connectivity index (χ4v) is 6.86. The number of ether oxygens (including phenoxy) is 1. The quantitative estimate of drug-likeness (QED) is 0.232. The molecule has 1 fully saturated rings. The number of Topliss-reactive ketones (excluding diaryl/α,β-unsaturated/α-hetero) is 1. The number of anilines is 1. The molecular weight excluding hydrogens is 597 g/mol. The van der Waals surface area contributed by atoms with Crippen LogP contribution >= 0.6 is 22.6 Å². The number of amides is 2. The minimum absolute atomic E-state index is 0.0108. The summed E-state index contributed by atoms with van der Waals surface area (Å²) in [5, 5.41) is 10.1. The van der Waals surface area contributed by atoms with Crippen molar-refractivity contribution in [3.05, 3.63) is 86.0 Å². The number of imide groups is 1. The van der Waals surface area contributed by atoms with Crippen LogP contribution in [0.1, 0.15) is 31.2 Å². The summed E-state index contributed by atoms with van der Waals surface area (Å²) in [4.78, 5) is 55.5. The van der Waals surface area contributed by atoms with Crippen LogP contribution in [-0.2, 0) is 19.2 Å². The summed E-state index contributed by atoms with van der Waals surface area (Å²) in [5.41, 5.74) is 3.15. The molecule has 192 valence electrons. The van der Waals surface area contributed by atoms with Gasteiger partial charge in [0.05, 0.1) is 24.6 Å². The number of benzene rings is 2. The number of nitrogens with zero attached hydrogens (tertiary/aromatic N) is 1. The van der Waals surface area contributed by atoms with E-state index in [4.69, 9.17) is 4.74 Å². The Bertz CT molecular complexity index is 1530. The number of rotatable bonds is 3. The first-order valence-corrected chi connectivity index (χ1v) is 13.5. The molecule has 1 aliphatic heterocycles. The highest BCUT2D eigenvalue weighted by atomic mass is 127. The zero-order chi connectivity index (χ0) is 26.9. The molecule has 38 heavy (non-hydrogen) atoms. The molecule has 1 saturated heterocycles. The summed E-state index contributed by atoms with van der Waals surface area (Å²) in [6.45, 7) is 1.63. The summed E-state index contributed by atoms with van der Waals surface area (Å²) in [5.74, 6) is -2.81. The van der Waals surface area contributed by atoms with E-state index in [1.165, 1.54) is 30.2 Å². The lowest BCUT2D eigenvalue weighted by molar-refractivity contribution is -0.123. The molecule has 6 rings (SSSR count). The van der Waals surface area contributed by atoms with E-state index in [0.29, 0.717) is 40.1 Å². The number of hydrogen-bond acceptors (Lipinski definition) is 6. The van der Waals surface area contributed by atoms with Crippen LogP contribution in [0.25, 0.3) is 0 Å². The highest BCUT2D eigenvalue weighted by molar-refractivity contribution is 14.1. The van der Waals surface area contributed by atoms with Crippen molar-refractivity contribution in [3.8, 4) is 11.5 Å². The first-order valence-electron chi connectivity index (χ1n) is 12.4. The van der Waals surface area contributed by atoms with Gasteiger partial charge in [0, 0.05) is 37.8 Å². The van der Waals surface area contributed by atoms with Crippen molar-refractivity contribution in [2.75, 3.05) is 12.0 Å². The summed E-state index contributed by atoms with van der Waals surface area (Å²) in [7, 11) is 1.48. The smallest absolute Gasteiger partial charge is 0.238 e. The second-order valence-electron chi connectivity index (χ2n) is 10.1. The standard InChI is InChI=1S/C30H24INO6/c1-14-11-23(34)22-13-21-18(25(27(22)28(14)35)19-8-7-17(33)12-24(19)38-2)9-10-20-26(21)30(37)32(29(20)36)16-5-3-15(31)4-6-16/h3-9,11-12,20-21,25-26,33H,10,13H2,1-2H3/t20-,21+,25+,26-/m0/s1. The minimum atomic E-state index is -0.642. The number of hydrogen-bond donors (Lipinski definition) is 1. The maximum Gasteiger partial charge on any atom is 0.238 e. The SMILES string of the molecule is COc1cc(O)ccc1[C@H]1C2=CC[C@@H]3C(=O)N(c4ccc(I)cc4)C(=O)[C@@H]3[C@@H]2CC2=C1C(=O)C(C)=CC2=O. The van der Waals surface area contributed by atoms with Crippen molar-refractivity contribution in [1.82, 2.24) is 0 Å². The summed E-state index contributed by atoms with van der Waals surface area (Å²) in [6, 6.07) is 11.9. The minimum Gasteiger partial charge on any atom is -0.508 e. The molecule has 2 amide bonds. The third kappa shape index (κ3) is 3.60. The number of carbonyl (C=O) groups is 4. The van der Waals surface area contributed by atoms with Crippen molar-refractivity contribution in [1.29, 1.82) is 0 Å². The van der Waals surface area contributed by atoms with Crippen LogP contribution in [0.2, 0.25) is 0 Å². The molecule has 1 heterocycles. The van der Waals surface area contributed by atoms with E-state index in [2.05, 4.69) is 22.6 Å². The number of allylic oxidation sites excluding steroid dienone is 6. The number of fused-ring (bicyclic) bond motifs is 3. The molecule has 4 aliphatic rings. The van der Waals surface area contributed by atoms with Crippen LogP contribution in [0.15, 0.2) is 76.9 Å². The Kier molecular flexibility index (Phi) is 5.90. The normalized spacial score (nSPS) is 26.6. The van der Waals surface area contributed by atoms with E-state index in [9.17, 15) is 24.3 Å². The van der Waals surface area contributed by atoms with Gasteiger partial charge in [-0.05, 0) is 84.7 Å². The first kappa shape index (κ1) is 24.8. The van der Waals surface area contributed by atoms with E-state index in [-0.39, 0.29) is 35.6 Å². The number of carbonyl (C=O) groups excluding carboxylic acids is 4. The van der Waals surface area contributed by atoms with Gasteiger partial charge in [-0.25, -0.2) is 0 Å². The third-order valence-corrected chi connectivity index (χ3v) is 8.90. The highest BCUT2D eigenvalue weighted by Gasteiger charge is 2.56. The number of phenols is 1. The first-order chi connectivity index (χ1) is 18.2. The lowest BCUT2D eigenvalue weighted by atomic mass is 9.59. The fraction of sp³-hybridized carbons (Fsp3) is 0.267. The fourth-order valence-electron chi connectivity index (χ4n) is 6.50. The largest absolute Gasteiger partial charge is 0.508 e. The summed E-state index contributed by atoms with van der Waals surface area (Å²) >= 11 is 2.17. The molecule has 7 nitrogen and oxygen atoms in total. The maximum absolute atomic E-state index is 13.9. The van der Waals surface area contributed by atoms with Crippen LogP contribution in [0.3, 0.4) is 0 Å². The molecule has 0 saturated carbocycles. The number of phenolic OH excluding ortho intramolecular Hbond substituents is 1. The number of aromatic hydroxyl groups is 1. The number of methoxy groups -OCH3 is 1. The lowest BCUT2D eigenvalue weighted by Crippen LogP contribution is -2.40. The van der Waals surface area contributed by atoms with Crippen molar-refractivity contribution in [2.45, 2.75) is 25.7 Å². The van der Waals surface area contributed by atoms with E-state index in [0.717, 1.165) is 9.14 Å². The second kappa shape index (κ2) is 9.04. The number of halogens is 1. The third-order valence-electron chi connectivity index (χ3n) is 8.18. The summed E-state index contributed by atoms with van der Waals surface area (Å²) in [6.07, 6.45) is 3.91. The van der Waals surface area contributed by atoms with Crippen LogP contribution in [0.5, 0.6) is 11.5 Å². The van der Waals surface area contributed by atoms with Crippen LogP contribution < -0.4 is 9.64 Å². The van der Waals surface area contributed by atoms with Gasteiger partial charge >= 0.3 is 0 Å². The van der Waals surface area contributed by atoms with Crippen LogP contribution in [-0.4, -0.2) is 35.6 Å². The van der Waals surface area contributed by atoms with Crippen molar-refractivity contribution >= 4 is 51.7 Å². The Morgan fingerprint density at radius 1 is 1.00 bits per heavy atom. The van der Waals surface area contributed by atoms with Crippen molar-refractivity contribution in [2.24, 2.45) is 17.8 Å². The molecule has 8 heteroatoms. The molecule has 1 N–H and O–H groups in total. The molecule has 2 aromatic rings. The van der Waals surface area contributed by atoms with Crippen molar-refractivity contribution in [3.63, 3.8) is 0 Å². The second-order valence-corrected chi connectivity index (χ2v) is 11.4.